The molecule has 0 saturated carbocycles. The van der Waals surface area contributed by atoms with E-state index in [1.54, 1.807) is 42.6 Å². The predicted molar refractivity (Wildman–Crippen MR) is 112 cm³/mol. The minimum Gasteiger partial charge on any atom is -0.327 e. The standard InChI is InChI=1S/C23H23N3O2/c1-4-26(21-10-5-7-16(2)13-21)22-15-19(11-12-24-22)23(28)25-20-9-6-8-18(14-20)17(3)27/h5-15H,4H2,1-3H3,(H,25,28). The molecule has 0 spiro atoms. The summed E-state index contributed by atoms with van der Waals surface area (Å²) in [5.74, 6) is 0.418. The van der Waals surface area contributed by atoms with E-state index in [4.69, 9.17) is 0 Å². The van der Waals surface area contributed by atoms with Gasteiger partial charge in [-0.15, -0.1) is 0 Å². The number of pyridine rings is 1. The molecule has 0 radical (unpaired) electrons. The Morgan fingerprint density at radius 1 is 1.00 bits per heavy atom. The van der Waals surface area contributed by atoms with Gasteiger partial charge in [0.1, 0.15) is 5.82 Å². The zero-order chi connectivity index (χ0) is 20.1. The molecule has 1 heterocycles. The van der Waals surface area contributed by atoms with Crippen LogP contribution in [-0.4, -0.2) is 23.2 Å². The van der Waals surface area contributed by atoms with Crippen LogP contribution in [0.5, 0.6) is 0 Å². The van der Waals surface area contributed by atoms with E-state index in [-0.39, 0.29) is 11.7 Å². The zero-order valence-electron chi connectivity index (χ0n) is 16.3. The maximum absolute atomic E-state index is 12.7. The molecule has 142 valence electrons. The number of anilines is 3. The summed E-state index contributed by atoms with van der Waals surface area (Å²) in [4.78, 5) is 30.7. The Morgan fingerprint density at radius 3 is 2.50 bits per heavy atom. The second-order valence-electron chi connectivity index (χ2n) is 6.58. The molecule has 0 fully saturated rings. The first-order chi connectivity index (χ1) is 13.5. The fourth-order valence-corrected chi connectivity index (χ4v) is 3.00. The minimum atomic E-state index is -0.246. The highest BCUT2D eigenvalue weighted by atomic mass is 16.1. The van der Waals surface area contributed by atoms with Gasteiger partial charge in [0.05, 0.1) is 0 Å². The molecule has 5 nitrogen and oxygen atoms in total. The van der Waals surface area contributed by atoms with Crippen LogP contribution in [0.3, 0.4) is 0 Å². The fraction of sp³-hybridized carbons (Fsp3) is 0.174. The van der Waals surface area contributed by atoms with Gasteiger partial charge in [0.15, 0.2) is 5.78 Å². The summed E-state index contributed by atoms with van der Waals surface area (Å²) in [5.41, 5.74) is 3.84. The number of Topliss-reactive ketones (excluding diaryl/α,β-unsaturated/α-hetero) is 1. The van der Waals surface area contributed by atoms with Crippen LogP contribution in [0.1, 0.15) is 40.1 Å². The number of carbonyl (C=O) groups is 2. The third-order valence-corrected chi connectivity index (χ3v) is 4.44. The van der Waals surface area contributed by atoms with E-state index in [1.165, 1.54) is 6.92 Å². The van der Waals surface area contributed by atoms with E-state index < -0.39 is 0 Å². The summed E-state index contributed by atoms with van der Waals surface area (Å²) in [6.45, 7) is 6.32. The number of aryl methyl sites for hydroxylation is 1. The Morgan fingerprint density at radius 2 is 1.79 bits per heavy atom. The molecule has 5 heteroatoms. The van der Waals surface area contributed by atoms with Crippen LogP contribution in [0.15, 0.2) is 66.9 Å². The molecule has 0 aliphatic heterocycles. The molecule has 3 aromatic rings. The minimum absolute atomic E-state index is 0.0426. The van der Waals surface area contributed by atoms with E-state index >= 15 is 0 Å². The van der Waals surface area contributed by atoms with Crippen LogP contribution in [0.25, 0.3) is 0 Å². The number of hydrogen-bond donors (Lipinski definition) is 1. The van der Waals surface area contributed by atoms with Gasteiger partial charge < -0.3 is 10.2 Å². The molecule has 2 aromatic carbocycles. The van der Waals surface area contributed by atoms with Crippen molar-refractivity contribution in [1.82, 2.24) is 4.98 Å². The predicted octanol–water partition coefficient (Wildman–Crippen LogP) is 5.00. The Labute approximate surface area is 165 Å². The Kier molecular flexibility index (Phi) is 5.84. The van der Waals surface area contributed by atoms with Gasteiger partial charge >= 0.3 is 0 Å². The monoisotopic (exact) mass is 373 g/mol. The van der Waals surface area contributed by atoms with Crippen LogP contribution in [0.2, 0.25) is 0 Å². The summed E-state index contributed by atoms with van der Waals surface area (Å²) < 4.78 is 0. The first kappa shape index (κ1) is 19.3. The molecule has 0 aliphatic rings. The number of benzene rings is 2. The number of nitrogens with zero attached hydrogens (tertiary/aromatic N) is 2. The molecular formula is C23H23N3O2. The van der Waals surface area contributed by atoms with E-state index in [2.05, 4.69) is 21.3 Å². The third-order valence-electron chi connectivity index (χ3n) is 4.44. The molecule has 0 unspecified atom stereocenters. The number of carbonyl (C=O) groups excluding carboxylic acids is 2. The van der Waals surface area contributed by atoms with Crippen molar-refractivity contribution >= 4 is 28.9 Å². The summed E-state index contributed by atoms with van der Waals surface area (Å²) >= 11 is 0. The maximum atomic E-state index is 12.7. The van der Waals surface area contributed by atoms with Crippen molar-refractivity contribution in [2.45, 2.75) is 20.8 Å². The molecule has 1 amide bonds. The van der Waals surface area contributed by atoms with Gasteiger partial charge in [0.2, 0.25) is 0 Å². The quantitative estimate of drug-likeness (QED) is 0.618. The highest BCUT2D eigenvalue weighted by Crippen LogP contribution is 2.25. The number of hydrogen-bond acceptors (Lipinski definition) is 4. The summed E-state index contributed by atoms with van der Waals surface area (Å²) in [7, 11) is 0. The number of ketones is 1. The van der Waals surface area contributed by atoms with Crippen LogP contribution in [0, 0.1) is 6.92 Å². The topological polar surface area (TPSA) is 62.3 Å². The van der Waals surface area contributed by atoms with Gasteiger partial charge in [-0.05, 0) is 62.7 Å². The smallest absolute Gasteiger partial charge is 0.255 e. The van der Waals surface area contributed by atoms with Gasteiger partial charge in [-0.1, -0.05) is 24.3 Å². The van der Waals surface area contributed by atoms with E-state index in [9.17, 15) is 9.59 Å². The lowest BCUT2D eigenvalue weighted by Crippen LogP contribution is -2.19. The fourth-order valence-electron chi connectivity index (χ4n) is 3.00. The molecule has 0 aliphatic carbocycles. The number of amides is 1. The van der Waals surface area contributed by atoms with Crippen LogP contribution < -0.4 is 10.2 Å². The Balaban J connectivity index is 1.85. The van der Waals surface area contributed by atoms with Crippen molar-refractivity contribution in [3.05, 3.63) is 83.6 Å². The second-order valence-corrected chi connectivity index (χ2v) is 6.58. The van der Waals surface area contributed by atoms with Crippen molar-refractivity contribution in [3.63, 3.8) is 0 Å². The van der Waals surface area contributed by atoms with Crippen LogP contribution in [0.4, 0.5) is 17.2 Å². The highest BCUT2D eigenvalue weighted by Gasteiger charge is 2.13. The number of aromatic nitrogens is 1. The van der Waals surface area contributed by atoms with Crippen molar-refractivity contribution in [3.8, 4) is 0 Å². The van der Waals surface area contributed by atoms with E-state index in [0.29, 0.717) is 22.6 Å². The molecule has 1 aromatic heterocycles. The lowest BCUT2D eigenvalue weighted by molar-refractivity contribution is 0.101. The normalized spacial score (nSPS) is 10.4. The van der Waals surface area contributed by atoms with Crippen molar-refractivity contribution in [1.29, 1.82) is 0 Å². The molecule has 1 N–H and O–H groups in total. The molecule has 28 heavy (non-hydrogen) atoms. The van der Waals surface area contributed by atoms with Crippen molar-refractivity contribution < 1.29 is 9.59 Å². The molecule has 0 bridgehead atoms. The lowest BCUT2D eigenvalue weighted by Gasteiger charge is -2.23. The molecule has 3 rings (SSSR count). The van der Waals surface area contributed by atoms with Gasteiger partial charge in [0.25, 0.3) is 5.91 Å². The van der Waals surface area contributed by atoms with Gasteiger partial charge in [-0.3, -0.25) is 9.59 Å². The molecule has 0 atom stereocenters. The average molecular weight is 373 g/mol. The van der Waals surface area contributed by atoms with Gasteiger partial charge in [-0.2, -0.15) is 0 Å². The Bertz CT molecular complexity index is 1010. The van der Waals surface area contributed by atoms with E-state index in [1.807, 2.05) is 32.0 Å². The maximum Gasteiger partial charge on any atom is 0.255 e. The highest BCUT2D eigenvalue weighted by molar-refractivity contribution is 6.05. The SMILES string of the molecule is CCN(c1cccc(C)c1)c1cc(C(=O)Nc2cccc(C(C)=O)c2)ccn1. The van der Waals surface area contributed by atoms with Gasteiger partial charge in [-0.25, -0.2) is 4.98 Å². The molecular weight excluding hydrogens is 350 g/mol. The Hall–Kier alpha value is -3.47. The number of rotatable bonds is 6. The average Bonchev–Trinajstić information content (AvgIpc) is 2.69. The van der Waals surface area contributed by atoms with Crippen molar-refractivity contribution in [2.75, 3.05) is 16.8 Å². The summed E-state index contributed by atoms with van der Waals surface area (Å²) in [5, 5.41) is 2.85. The third kappa shape index (κ3) is 4.43. The summed E-state index contributed by atoms with van der Waals surface area (Å²) in [6, 6.07) is 18.5. The van der Waals surface area contributed by atoms with E-state index in [0.717, 1.165) is 17.8 Å². The molecule has 0 saturated heterocycles. The second kappa shape index (κ2) is 8.48. The van der Waals surface area contributed by atoms with Crippen molar-refractivity contribution in [2.24, 2.45) is 0 Å². The first-order valence-corrected chi connectivity index (χ1v) is 9.20. The van der Waals surface area contributed by atoms with Gasteiger partial charge in [0, 0.05) is 35.2 Å². The van der Waals surface area contributed by atoms with Crippen LogP contribution in [-0.2, 0) is 0 Å². The largest absolute Gasteiger partial charge is 0.327 e. The summed E-state index contributed by atoms with van der Waals surface area (Å²) in [6.07, 6.45) is 1.63. The first-order valence-electron chi connectivity index (χ1n) is 9.20. The number of nitrogens with one attached hydrogen (secondary N) is 1. The van der Waals surface area contributed by atoms with Crippen LogP contribution >= 0.6 is 0 Å². The zero-order valence-corrected chi connectivity index (χ0v) is 16.3. The lowest BCUT2D eigenvalue weighted by atomic mass is 10.1.